The number of ether oxygens (including phenoxy) is 3. The van der Waals surface area contributed by atoms with Gasteiger partial charge in [-0.1, -0.05) is 48.5 Å². The summed E-state index contributed by atoms with van der Waals surface area (Å²) >= 11 is 0. The van der Waals surface area contributed by atoms with Crippen molar-refractivity contribution in [3.8, 4) is 11.1 Å². The molecule has 8 nitrogen and oxygen atoms in total. The Bertz CT molecular complexity index is 1180. The number of rotatable bonds is 10. The van der Waals surface area contributed by atoms with Gasteiger partial charge in [0.2, 0.25) is 5.91 Å². The van der Waals surface area contributed by atoms with E-state index < -0.39 is 47.4 Å². The summed E-state index contributed by atoms with van der Waals surface area (Å²) in [7, 11) is 1.18. The summed E-state index contributed by atoms with van der Waals surface area (Å²) in [6.45, 7) is 7.18. The summed E-state index contributed by atoms with van der Waals surface area (Å²) in [4.78, 5) is 38.6. The molecule has 2 aromatic rings. The molecule has 0 saturated heterocycles. The molecule has 0 aromatic heterocycles. The highest BCUT2D eigenvalue weighted by Crippen LogP contribution is 2.45. The quantitative estimate of drug-likeness (QED) is 0.426. The molecule has 1 saturated carbocycles. The van der Waals surface area contributed by atoms with Crippen LogP contribution in [0.2, 0.25) is 0 Å². The van der Waals surface area contributed by atoms with Gasteiger partial charge in [-0.05, 0) is 62.8 Å². The number of nitrogens with one attached hydrogen (secondary N) is 2. The van der Waals surface area contributed by atoms with Crippen molar-refractivity contribution in [2.75, 3.05) is 13.7 Å². The van der Waals surface area contributed by atoms with Gasteiger partial charge in [0.25, 0.3) is 0 Å². The lowest BCUT2D eigenvalue weighted by molar-refractivity contribution is -0.147. The SMILES string of the molecule is COC(=O)[C@H](CC1(F)CC1)NC(=O)[C@@H](NC(=O)OCC1c2ccccc2-c2ccccc21)[C@@H](C)OC(C)(C)C. The highest BCUT2D eigenvalue weighted by atomic mass is 19.1. The van der Waals surface area contributed by atoms with Gasteiger partial charge < -0.3 is 24.8 Å². The summed E-state index contributed by atoms with van der Waals surface area (Å²) in [6, 6.07) is 13.6. The van der Waals surface area contributed by atoms with Gasteiger partial charge in [0.1, 0.15) is 24.4 Å². The summed E-state index contributed by atoms with van der Waals surface area (Å²) in [6.07, 6.45) is -1.15. The molecule has 0 unspecified atom stereocenters. The Kier molecular flexibility index (Phi) is 8.30. The average molecular weight is 541 g/mol. The predicted octanol–water partition coefficient (Wildman–Crippen LogP) is 4.65. The van der Waals surface area contributed by atoms with E-state index in [1.54, 1.807) is 6.92 Å². The number of methoxy groups -OCH3 is 1. The number of hydrogen-bond donors (Lipinski definition) is 2. The Morgan fingerprint density at radius 1 is 1.00 bits per heavy atom. The molecule has 0 radical (unpaired) electrons. The maximum atomic E-state index is 14.5. The van der Waals surface area contributed by atoms with E-state index in [2.05, 4.69) is 10.6 Å². The minimum atomic E-state index is -1.50. The first-order valence-electron chi connectivity index (χ1n) is 13.3. The smallest absolute Gasteiger partial charge is 0.407 e. The minimum Gasteiger partial charge on any atom is -0.467 e. The Balaban J connectivity index is 1.46. The van der Waals surface area contributed by atoms with Crippen LogP contribution in [-0.4, -0.2) is 61.1 Å². The fourth-order valence-corrected chi connectivity index (χ4v) is 5.09. The molecule has 2 aliphatic carbocycles. The van der Waals surface area contributed by atoms with Crippen molar-refractivity contribution in [2.45, 2.75) is 82.3 Å². The summed E-state index contributed by atoms with van der Waals surface area (Å²) < 4.78 is 30.8. The highest BCUT2D eigenvalue weighted by molar-refractivity contribution is 5.90. The van der Waals surface area contributed by atoms with E-state index in [9.17, 15) is 18.8 Å². The summed E-state index contributed by atoms with van der Waals surface area (Å²) in [5, 5.41) is 5.16. The van der Waals surface area contributed by atoms with E-state index in [4.69, 9.17) is 14.2 Å². The lowest BCUT2D eigenvalue weighted by atomic mass is 9.98. The molecule has 2 amide bonds. The third-order valence-corrected chi connectivity index (χ3v) is 7.07. The first-order valence-corrected chi connectivity index (χ1v) is 13.3. The molecule has 0 spiro atoms. The molecule has 2 aromatic carbocycles. The maximum absolute atomic E-state index is 14.5. The maximum Gasteiger partial charge on any atom is 0.407 e. The topological polar surface area (TPSA) is 103 Å². The molecular formula is C30H37FN2O6. The van der Waals surface area contributed by atoms with E-state index in [0.29, 0.717) is 12.8 Å². The lowest BCUT2D eigenvalue weighted by Gasteiger charge is -2.31. The summed E-state index contributed by atoms with van der Waals surface area (Å²) in [5.41, 5.74) is 2.19. The van der Waals surface area contributed by atoms with Gasteiger partial charge >= 0.3 is 12.1 Å². The number of alkyl carbamates (subject to hydrolysis) is 1. The van der Waals surface area contributed by atoms with Crippen LogP contribution in [0.3, 0.4) is 0 Å². The fourth-order valence-electron chi connectivity index (χ4n) is 5.09. The predicted molar refractivity (Wildman–Crippen MR) is 144 cm³/mol. The van der Waals surface area contributed by atoms with Crippen LogP contribution >= 0.6 is 0 Å². The van der Waals surface area contributed by atoms with Crippen LogP contribution in [0.5, 0.6) is 0 Å². The zero-order chi connectivity index (χ0) is 28.4. The fraction of sp³-hybridized carbons (Fsp3) is 0.500. The van der Waals surface area contributed by atoms with Crippen molar-refractivity contribution in [3.63, 3.8) is 0 Å². The number of benzene rings is 2. The number of halogens is 1. The molecule has 39 heavy (non-hydrogen) atoms. The molecule has 1 fully saturated rings. The van der Waals surface area contributed by atoms with Gasteiger partial charge in [-0.3, -0.25) is 4.79 Å². The average Bonchev–Trinajstić information content (AvgIpc) is 3.53. The van der Waals surface area contributed by atoms with Crippen molar-refractivity contribution in [1.82, 2.24) is 10.6 Å². The zero-order valence-corrected chi connectivity index (χ0v) is 23.1. The number of carbonyl (C=O) groups excluding carboxylic acids is 3. The van der Waals surface area contributed by atoms with Crippen LogP contribution in [0.4, 0.5) is 9.18 Å². The summed E-state index contributed by atoms with van der Waals surface area (Å²) in [5.74, 6) is -1.60. The second-order valence-corrected chi connectivity index (χ2v) is 11.3. The largest absolute Gasteiger partial charge is 0.467 e. The van der Waals surface area contributed by atoms with Crippen LogP contribution in [-0.2, 0) is 23.8 Å². The highest BCUT2D eigenvalue weighted by Gasteiger charge is 2.47. The van der Waals surface area contributed by atoms with Crippen molar-refractivity contribution in [1.29, 1.82) is 0 Å². The van der Waals surface area contributed by atoms with Crippen molar-refractivity contribution in [3.05, 3.63) is 59.7 Å². The molecule has 2 aliphatic rings. The van der Waals surface area contributed by atoms with Crippen LogP contribution < -0.4 is 10.6 Å². The molecule has 9 heteroatoms. The number of esters is 1. The normalized spacial score (nSPS) is 17.7. The van der Waals surface area contributed by atoms with Crippen molar-refractivity contribution < 1.29 is 33.0 Å². The number of fused-ring (bicyclic) bond motifs is 3. The van der Waals surface area contributed by atoms with Gasteiger partial charge in [0, 0.05) is 12.3 Å². The third kappa shape index (κ3) is 6.95. The molecule has 3 atom stereocenters. The van der Waals surface area contributed by atoms with Crippen molar-refractivity contribution in [2.24, 2.45) is 0 Å². The van der Waals surface area contributed by atoms with Crippen LogP contribution in [0.15, 0.2) is 48.5 Å². The van der Waals surface area contributed by atoms with Gasteiger partial charge in [0.05, 0.1) is 18.8 Å². The van der Waals surface area contributed by atoms with Gasteiger partial charge in [0.15, 0.2) is 0 Å². The van der Waals surface area contributed by atoms with Crippen LogP contribution in [0.25, 0.3) is 11.1 Å². The first kappa shape index (κ1) is 28.5. The van der Waals surface area contributed by atoms with Gasteiger partial charge in [-0.25, -0.2) is 14.0 Å². The van der Waals surface area contributed by atoms with E-state index in [1.165, 1.54) is 7.11 Å². The lowest BCUT2D eigenvalue weighted by Crippen LogP contribution is -2.57. The molecule has 0 bridgehead atoms. The molecule has 0 aliphatic heterocycles. The monoisotopic (exact) mass is 540 g/mol. The second-order valence-electron chi connectivity index (χ2n) is 11.3. The van der Waals surface area contributed by atoms with E-state index >= 15 is 0 Å². The van der Waals surface area contributed by atoms with Crippen LogP contribution in [0, 0.1) is 0 Å². The van der Waals surface area contributed by atoms with E-state index in [0.717, 1.165) is 22.3 Å². The van der Waals surface area contributed by atoms with Crippen molar-refractivity contribution >= 4 is 18.0 Å². The Morgan fingerprint density at radius 3 is 2.08 bits per heavy atom. The van der Waals surface area contributed by atoms with Gasteiger partial charge in [-0.15, -0.1) is 0 Å². The third-order valence-electron chi connectivity index (χ3n) is 7.07. The molecule has 2 N–H and O–H groups in total. The Morgan fingerprint density at radius 2 is 1.56 bits per heavy atom. The van der Waals surface area contributed by atoms with E-state index in [1.807, 2.05) is 69.3 Å². The Hall–Kier alpha value is -3.46. The minimum absolute atomic E-state index is 0.0673. The van der Waals surface area contributed by atoms with E-state index in [-0.39, 0.29) is 18.9 Å². The number of amides is 2. The molecular weight excluding hydrogens is 503 g/mol. The Labute approximate surface area is 228 Å². The zero-order valence-electron chi connectivity index (χ0n) is 23.1. The van der Waals surface area contributed by atoms with Gasteiger partial charge in [-0.2, -0.15) is 0 Å². The number of carbonyl (C=O) groups is 3. The first-order chi connectivity index (χ1) is 18.4. The number of alkyl halides is 1. The standard InChI is InChI=1S/C30H37FN2O6/c1-18(39-29(2,3)4)25(26(34)32-24(27(35)37-5)16-30(31)14-15-30)33-28(36)38-17-23-21-12-8-6-10-19(21)20-11-7-9-13-22(20)23/h6-13,18,23-25H,14-17H2,1-5H3,(H,32,34)(H,33,36)/t18-,24+,25+/m1/s1. The molecule has 0 heterocycles. The van der Waals surface area contributed by atoms with Crippen LogP contribution in [0.1, 0.15) is 64.0 Å². The molecule has 4 rings (SSSR count). The molecule has 210 valence electrons. The second kappa shape index (κ2) is 11.3. The number of hydrogen-bond acceptors (Lipinski definition) is 6.